The quantitative estimate of drug-likeness (QED) is 0.908. The molecule has 2 aromatic rings. The highest BCUT2D eigenvalue weighted by atomic mass is 16.6. The van der Waals surface area contributed by atoms with Crippen molar-refractivity contribution in [2.45, 2.75) is 45.8 Å². The first-order valence-corrected chi connectivity index (χ1v) is 8.29. The first kappa shape index (κ1) is 18.1. The highest BCUT2D eigenvalue weighted by Crippen LogP contribution is 2.18. The fourth-order valence-electron chi connectivity index (χ4n) is 2.32. The zero-order chi connectivity index (χ0) is 17.9. The number of carbonyl (C=O) groups excluding carboxylic acids is 1. The molecular formula is C18H28N4O2. The molecule has 0 saturated heterocycles. The maximum absolute atomic E-state index is 12.0. The van der Waals surface area contributed by atoms with Gasteiger partial charge in [0.1, 0.15) is 5.60 Å². The lowest BCUT2D eigenvalue weighted by molar-refractivity contribution is 0.0295. The van der Waals surface area contributed by atoms with Gasteiger partial charge in [-0.2, -0.15) is 0 Å². The molecule has 0 aliphatic heterocycles. The van der Waals surface area contributed by atoms with Crippen LogP contribution >= 0.6 is 0 Å². The van der Waals surface area contributed by atoms with E-state index in [-0.39, 0.29) is 12.1 Å². The van der Waals surface area contributed by atoms with Gasteiger partial charge in [0, 0.05) is 26.7 Å². The average Bonchev–Trinajstić information content (AvgIpc) is 2.93. The SMILES string of the molecule is CC(CCN(C)C(=O)OC(C)(C)C)N(C)c1nc2ccccc2[nH]1. The lowest BCUT2D eigenvalue weighted by atomic mass is 10.2. The van der Waals surface area contributed by atoms with Crippen molar-refractivity contribution >= 4 is 23.1 Å². The fraction of sp³-hybridized carbons (Fsp3) is 0.556. The van der Waals surface area contributed by atoms with Crippen LogP contribution < -0.4 is 4.90 Å². The Morgan fingerprint density at radius 2 is 1.96 bits per heavy atom. The molecule has 24 heavy (non-hydrogen) atoms. The van der Waals surface area contributed by atoms with Crippen LogP contribution in [0.25, 0.3) is 11.0 Å². The summed E-state index contributed by atoms with van der Waals surface area (Å²) in [6.45, 7) is 8.36. The molecule has 1 aromatic heterocycles. The molecule has 0 saturated carbocycles. The Bertz CT molecular complexity index is 657. The molecule has 2 rings (SSSR count). The van der Waals surface area contributed by atoms with Gasteiger partial charge in [0.25, 0.3) is 0 Å². The second-order valence-corrected chi connectivity index (χ2v) is 7.23. The van der Waals surface area contributed by atoms with E-state index < -0.39 is 5.60 Å². The third kappa shape index (κ3) is 4.63. The van der Waals surface area contributed by atoms with Crippen molar-refractivity contribution in [1.82, 2.24) is 14.9 Å². The molecule has 0 radical (unpaired) electrons. The number of imidazole rings is 1. The zero-order valence-corrected chi connectivity index (χ0v) is 15.5. The number of H-pyrrole nitrogens is 1. The Hall–Kier alpha value is -2.24. The van der Waals surface area contributed by atoms with E-state index in [1.807, 2.05) is 52.1 Å². The largest absolute Gasteiger partial charge is 0.444 e. The summed E-state index contributed by atoms with van der Waals surface area (Å²) in [5.74, 6) is 0.837. The number of aromatic nitrogens is 2. The Labute approximate surface area is 143 Å². The van der Waals surface area contributed by atoms with Crippen molar-refractivity contribution in [3.8, 4) is 0 Å². The van der Waals surface area contributed by atoms with Gasteiger partial charge in [-0.1, -0.05) is 12.1 Å². The minimum atomic E-state index is -0.470. The highest BCUT2D eigenvalue weighted by molar-refractivity contribution is 5.77. The van der Waals surface area contributed by atoms with E-state index in [4.69, 9.17) is 4.74 Å². The molecule has 6 heteroatoms. The molecule has 1 heterocycles. The number of nitrogens with zero attached hydrogens (tertiary/aromatic N) is 3. The van der Waals surface area contributed by atoms with E-state index in [0.717, 1.165) is 23.4 Å². The number of benzene rings is 1. The summed E-state index contributed by atoms with van der Waals surface area (Å²) in [4.78, 5) is 23.7. The average molecular weight is 332 g/mol. The molecule has 132 valence electrons. The number of fused-ring (bicyclic) bond motifs is 1. The van der Waals surface area contributed by atoms with Gasteiger partial charge in [0.15, 0.2) is 0 Å². The standard InChI is InChI=1S/C18H28N4O2/c1-13(11-12-21(5)17(23)24-18(2,3)4)22(6)16-19-14-9-7-8-10-15(14)20-16/h7-10,13H,11-12H2,1-6H3,(H,19,20). The van der Waals surface area contributed by atoms with Gasteiger partial charge in [-0.15, -0.1) is 0 Å². The third-order valence-electron chi connectivity index (χ3n) is 3.96. The van der Waals surface area contributed by atoms with Gasteiger partial charge in [0.05, 0.1) is 11.0 Å². The van der Waals surface area contributed by atoms with E-state index in [1.165, 1.54) is 0 Å². The number of nitrogens with one attached hydrogen (secondary N) is 1. The molecule has 0 bridgehead atoms. The molecule has 1 aromatic carbocycles. The molecule has 0 fully saturated rings. The first-order valence-electron chi connectivity index (χ1n) is 8.29. The van der Waals surface area contributed by atoms with Crippen LogP contribution in [0.4, 0.5) is 10.7 Å². The minimum absolute atomic E-state index is 0.232. The monoisotopic (exact) mass is 332 g/mol. The Morgan fingerprint density at radius 3 is 2.58 bits per heavy atom. The maximum Gasteiger partial charge on any atom is 0.410 e. The van der Waals surface area contributed by atoms with Gasteiger partial charge >= 0.3 is 6.09 Å². The molecular weight excluding hydrogens is 304 g/mol. The molecule has 0 spiro atoms. The lowest BCUT2D eigenvalue weighted by Crippen LogP contribution is -2.38. The molecule has 0 aliphatic carbocycles. The van der Waals surface area contributed by atoms with Crippen molar-refractivity contribution in [3.63, 3.8) is 0 Å². The molecule has 0 aliphatic rings. The van der Waals surface area contributed by atoms with Crippen LogP contribution in [-0.4, -0.2) is 53.2 Å². The van der Waals surface area contributed by atoms with Gasteiger partial charge in [-0.25, -0.2) is 9.78 Å². The number of hydrogen-bond donors (Lipinski definition) is 1. The zero-order valence-electron chi connectivity index (χ0n) is 15.5. The van der Waals surface area contributed by atoms with Gasteiger partial charge in [-0.3, -0.25) is 0 Å². The summed E-state index contributed by atoms with van der Waals surface area (Å²) in [7, 11) is 3.78. The van der Waals surface area contributed by atoms with Crippen molar-refractivity contribution in [2.24, 2.45) is 0 Å². The predicted molar refractivity (Wildman–Crippen MR) is 97.4 cm³/mol. The summed E-state index contributed by atoms with van der Waals surface area (Å²) in [5, 5.41) is 0. The normalized spacial score (nSPS) is 12.9. The van der Waals surface area contributed by atoms with Crippen molar-refractivity contribution in [3.05, 3.63) is 24.3 Å². The van der Waals surface area contributed by atoms with Crippen LogP contribution in [0.3, 0.4) is 0 Å². The summed E-state index contributed by atoms with van der Waals surface area (Å²) in [6, 6.07) is 8.20. The highest BCUT2D eigenvalue weighted by Gasteiger charge is 2.21. The van der Waals surface area contributed by atoms with Crippen LogP contribution in [0.5, 0.6) is 0 Å². The number of anilines is 1. The number of aromatic amines is 1. The van der Waals surface area contributed by atoms with Crippen LogP contribution in [0.2, 0.25) is 0 Å². The fourth-order valence-corrected chi connectivity index (χ4v) is 2.32. The van der Waals surface area contributed by atoms with Crippen LogP contribution in [0.15, 0.2) is 24.3 Å². The Kier molecular flexibility index (Phi) is 5.36. The van der Waals surface area contributed by atoms with E-state index in [2.05, 4.69) is 21.8 Å². The summed E-state index contributed by atoms with van der Waals surface area (Å²) >= 11 is 0. The summed E-state index contributed by atoms with van der Waals surface area (Å²) in [5.41, 5.74) is 1.51. The third-order valence-corrected chi connectivity index (χ3v) is 3.96. The topological polar surface area (TPSA) is 61.5 Å². The second kappa shape index (κ2) is 7.11. The van der Waals surface area contributed by atoms with Gasteiger partial charge in [-0.05, 0) is 46.2 Å². The van der Waals surface area contributed by atoms with Crippen LogP contribution in [0.1, 0.15) is 34.1 Å². The first-order chi connectivity index (χ1) is 11.2. The maximum atomic E-state index is 12.0. The Morgan fingerprint density at radius 1 is 1.29 bits per heavy atom. The lowest BCUT2D eigenvalue weighted by Gasteiger charge is -2.28. The summed E-state index contributed by atoms with van der Waals surface area (Å²) < 4.78 is 5.37. The number of carbonyl (C=O) groups is 1. The van der Waals surface area contributed by atoms with Crippen LogP contribution in [-0.2, 0) is 4.74 Å². The molecule has 1 atom stereocenters. The number of hydrogen-bond acceptors (Lipinski definition) is 4. The van der Waals surface area contributed by atoms with E-state index >= 15 is 0 Å². The molecule has 1 N–H and O–H groups in total. The van der Waals surface area contributed by atoms with E-state index in [1.54, 1.807) is 11.9 Å². The van der Waals surface area contributed by atoms with E-state index in [9.17, 15) is 4.79 Å². The Balaban J connectivity index is 1.91. The number of ether oxygens (including phenoxy) is 1. The minimum Gasteiger partial charge on any atom is -0.444 e. The van der Waals surface area contributed by atoms with Gasteiger partial charge < -0.3 is 19.5 Å². The van der Waals surface area contributed by atoms with E-state index in [0.29, 0.717) is 6.54 Å². The second-order valence-electron chi connectivity index (χ2n) is 7.23. The molecule has 6 nitrogen and oxygen atoms in total. The van der Waals surface area contributed by atoms with Crippen molar-refractivity contribution in [1.29, 1.82) is 0 Å². The number of para-hydroxylation sites is 2. The smallest absolute Gasteiger partial charge is 0.410 e. The van der Waals surface area contributed by atoms with Crippen molar-refractivity contribution in [2.75, 3.05) is 25.5 Å². The van der Waals surface area contributed by atoms with Crippen LogP contribution in [0, 0.1) is 0 Å². The summed E-state index contributed by atoms with van der Waals surface area (Å²) in [6.07, 6.45) is 0.532. The predicted octanol–water partition coefficient (Wildman–Crippen LogP) is 3.64. The number of rotatable bonds is 5. The van der Waals surface area contributed by atoms with Crippen molar-refractivity contribution < 1.29 is 9.53 Å². The molecule has 1 amide bonds. The van der Waals surface area contributed by atoms with Gasteiger partial charge in [0.2, 0.25) is 5.95 Å². The number of amides is 1. The molecule has 1 unspecified atom stereocenters.